The van der Waals surface area contributed by atoms with Gasteiger partial charge in [0.1, 0.15) is 9.21 Å². The predicted molar refractivity (Wildman–Crippen MR) is 118 cm³/mol. The number of hydrogen-bond donors (Lipinski definition) is 1. The van der Waals surface area contributed by atoms with Crippen molar-refractivity contribution in [3.63, 3.8) is 0 Å². The molecular formula is C19H19IN6O. The maximum absolute atomic E-state index is 5.76. The van der Waals surface area contributed by atoms with Crippen LogP contribution in [0.4, 0.5) is 5.82 Å². The van der Waals surface area contributed by atoms with Gasteiger partial charge in [0.2, 0.25) is 5.90 Å². The molecule has 0 aliphatic carbocycles. The average Bonchev–Trinajstić information content (AvgIpc) is 3.09. The molecule has 0 spiro atoms. The fourth-order valence-corrected chi connectivity index (χ4v) is 4.23. The molecule has 7 nitrogen and oxygen atoms in total. The second-order valence-electron chi connectivity index (χ2n) is 5.86. The average molecular weight is 474 g/mol. The molecule has 0 amide bonds. The molecule has 0 aromatic carbocycles. The zero-order chi connectivity index (χ0) is 18.6. The summed E-state index contributed by atoms with van der Waals surface area (Å²) >= 11 is -0.0760. The Hall–Kier alpha value is -2.62. The summed E-state index contributed by atoms with van der Waals surface area (Å²) in [5.74, 6) is 2.02. The summed E-state index contributed by atoms with van der Waals surface area (Å²) in [6.45, 7) is 6.95. The van der Waals surface area contributed by atoms with Crippen LogP contribution in [0.25, 0.3) is 17.1 Å². The van der Waals surface area contributed by atoms with Gasteiger partial charge in [0.15, 0.2) is 11.6 Å². The number of alkyl halides is 1. The molecule has 0 atom stereocenters. The Balaban J connectivity index is 1.66. The summed E-state index contributed by atoms with van der Waals surface area (Å²) in [7, 11) is 0. The van der Waals surface area contributed by atoms with Crippen LogP contribution in [0.2, 0.25) is 0 Å². The molecule has 0 radical (unpaired) electrons. The minimum Gasteiger partial charge on any atom is -0.440 e. The number of aromatic nitrogens is 4. The second kappa shape index (κ2) is 7.95. The molecule has 8 heteroatoms. The molecule has 1 N–H and O–H groups in total. The summed E-state index contributed by atoms with van der Waals surface area (Å²) in [5, 5.41) is 3.37. The Labute approximate surface area is 167 Å². The highest BCUT2D eigenvalue weighted by atomic mass is 127. The van der Waals surface area contributed by atoms with E-state index in [1.807, 2.05) is 37.4 Å². The Morgan fingerprint density at radius 1 is 1.33 bits per heavy atom. The van der Waals surface area contributed by atoms with Gasteiger partial charge in [0.25, 0.3) is 0 Å². The predicted octanol–water partition coefficient (Wildman–Crippen LogP) is 3.44. The van der Waals surface area contributed by atoms with Crippen LogP contribution in [0.1, 0.15) is 18.4 Å². The monoisotopic (exact) mass is 474 g/mol. The van der Waals surface area contributed by atoms with Crippen molar-refractivity contribution in [2.24, 2.45) is 4.99 Å². The number of pyridine rings is 1. The maximum Gasteiger partial charge on any atom is 0.210 e. The van der Waals surface area contributed by atoms with E-state index in [9.17, 15) is 0 Å². The van der Waals surface area contributed by atoms with Gasteiger partial charge >= 0.3 is 0 Å². The van der Waals surface area contributed by atoms with E-state index in [1.54, 1.807) is 12.3 Å². The number of ether oxygens (including phenoxy) is 1. The van der Waals surface area contributed by atoms with E-state index in [0.717, 1.165) is 30.8 Å². The van der Waals surface area contributed by atoms with Crippen LogP contribution in [0.5, 0.6) is 0 Å². The van der Waals surface area contributed by atoms with E-state index >= 15 is 0 Å². The largest absolute Gasteiger partial charge is 0.440 e. The van der Waals surface area contributed by atoms with Crippen molar-refractivity contribution in [3.05, 3.63) is 54.8 Å². The molecular weight excluding hydrogens is 455 g/mol. The molecule has 0 fully saturated rings. The van der Waals surface area contributed by atoms with Crippen molar-refractivity contribution in [2.45, 2.75) is 13.5 Å². The lowest BCUT2D eigenvalue weighted by Crippen LogP contribution is -2.22. The first kappa shape index (κ1) is 17.8. The second-order valence-corrected chi connectivity index (χ2v) is 8.83. The third kappa shape index (κ3) is 4.05. The SMILES string of the molecule is C=Cc1nc(NCC2=NCI=C(C)O2)c2c(ccn2Cc2ccccn2)n1. The number of hydrogen-bond acceptors (Lipinski definition) is 6. The molecule has 3 aromatic heterocycles. The molecule has 4 heterocycles. The highest BCUT2D eigenvalue weighted by molar-refractivity contribution is 14.2. The van der Waals surface area contributed by atoms with Crippen LogP contribution >= 0.6 is 20.7 Å². The van der Waals surface area contributed by atoms with E-state index < -0.39 is 0 Å². The highest BCUT2D eigenvalue weighted by Gasteiger charge is 2.14. The molecule has 4 rings (SSSR count). The van der Waals surface area contributed by atoms with Gasteiger partial charge in [-0.05, 0) is 31.2 Å². The third-order valence-corrected chi connectivity index (χ3v) is 6.00. The molecule has 27 heavy (non-hydrogen) atoms. The lowest BCUT2D eigenvalue weighted by Gasteiger charge is -2.15. The fraction of sp³-hybridized carbons (Fsp3) is 0.211. The van der Waals surface area contributed by atoms with Gasteiger partial charge < -0.3 is 14.6 Å². The topological polar surface area (TPSA) is 77.2 Å². The van der Waals surface area contributed by atoms with Crippen molar-refractivity contribution < 1.29 is 4.74 Å². The number of nitrogens with one attached hydrogen (secondary N) is 1. The van der Waals surface area contributed by atoms with Crippen LogP contribution in [0.15, 0.2) is 48.2 Å². The minimum atomic E-state index is -0.0760. The lowest BCUT2D eigenvalue weighted by molar-refractivity contribution is 0.545. The number of aliphatic imine (C=N–C) groups is 1. The minimum absolute atomic E-state index is 0.0760. The highest BCUT2D eigenvalue weighted by Crippen LogP contribution is 2.23. The number of nitrogens with zero attached hydrogens (tertiary/aromatic N) is 5. The van der Waals surface area contributed by atoms with Crippen molar-refractivity contribution in [1.29, 1.82) is 0 Å². The van der Waals surface area contributed by atoms with Crippen LogP contribution in [0.3, 0.4) is 0 Å². The summed E-state index contributed by atoms with van der Waals surface area (Å²) in [4.78, 5) is 18.0. The first-order valence-electron chi connectivity index (χ1n) is 8.50. The first-order valence-corrected chi connectivity index (χ1v) is 11.1. The summed E-state index contributed by atoms with van der Waals surface area (Å²) in [6, 6.07) is 7.88. The van der Waals surface area contributed by atoms with Gasteiger partial charge in [-0.25, -0.2) is 15.0 Å². The van der Waals surface area contributed by atoms with E-state index in [1.165, 1.54) is 0 Å². The molecule has 0 saturated heterocycles. The normalized spacial score (nSPS) is 14.0. The standard InChI is InChI=1S/C19H19IN6O/c1-3-16-24-15-7-9-26(11-14-6-4-5-8-21-14)18(15)19(25-16)22-10-17-23-12-20-13(2)27-17/h3-9H,1,10-12H2,2H3,(H,22,24,25). The first-order chi connectivity index (χ1) is 13.2. The van der Waals surface area contributed by atoms with E-state index in [-0.39, 0.29) is 20.7 Å². The number of halogens is 1. The Bertz CT molecular complexity index is 1040. The van der Waals surface area contributed by atoms with Crippen molar-refractivity contribution in [2.75, 3.05) is 16.4 Å². The molecule has 1 aliphatic rings. The summed E-state index contributed by atoms with van der Waals surface area (Å²) < 4.78 is 9.82. The number of anilines is 1. The van der Waals surface area contributed by atoms with Crippen LogP contribution in [-0.2, 0) is 11.3 Å². The Morgan fingerprint density at radius 2 is 2.26 bits per heavy atom. The van der Waals surface area contributed by atoms with E-state index in [0.29, 0.717) is 24.8 Å². The van der Waals surface area contributed by atoms with E-state index in [4.69, 9.17) is 4.74 Å². The molecule has 0 bridgehead atoms. The zero-order valence-corrected chi connectivity index (χ0v) is 17.0. The summed E-state index contributed by atoms with van der Waals surface area (Å²) in [5.41, 5.74) is 2.76. The molecule has 0 saturated carbocycles. The van der Waals surface area contributed by atoms with Gasteiger partial charge in [0.05, 0.1) is 28.9 Å². The van der Waals surface area contributed by atoms with E-state index in [2.05, 4.69) is 36.4 Å². The van der Waals surface area contributed by atoms with Gasteiger partial charge in [-0.15, -0.1) is 0 Å². The molecule has 0 unspecified atom stereocenters. The van der Waals surface area contributed by atoms with Crippen LogP contribution in [-0.4, -0.2) is 40.2 Å². The lowest BCUT2D eigenvalue weighted by atomic mass is 10.3. The van der Waals surface area contributed by atoms with Gasteiger partial charge in [0, 0.05) is 12.4 Å². The molecule has 138 valence electrons. The molecule has 3 aromatic rings. The summed E-state index contributed by atoms with van der Waals surface area (Å²) in [6.07, 6.45) is 5.45. The van der Waals surface area contributed by atoms with Gasteiger partial charge in [-0.3, -0.25) is 4.98 Å². The van der Waals surface area contributed by atoms with Gasteiger partial charge in [-0.1, -0.05) is 33.4 Å². The Kier molecular flexibility index (Phi) is 5.23. The van der Waals surface area contributed by atoms with Crippen molar-refractivity contribution in [3.8, 4) is 0 Å². The fourth-order valence-electron chi connectivity index (χ4n) is 2.79. The maximum atomic E-state index is 5.76. The van der Waals surface area contributed by atoms with Gasteiger partial charge in [-0.2, -0.15) is 0 Å². The third-order valence-electron chi connectivity index (χ3n) is 4.02. The van der Waals surface area contributed by atoms with Crippen molar-refractivity contribution in [1.82, 2.24) is 19.5 Å². The smallest absolute Gasteiger partial charge is 0.210 e. The van der Waals surface area contributed by atoms with Crippen LogP contribution in [0, 0.1) is 0 Å². The molecule has 1 aliphatic heterocycles. The Morgan fingerprint density at radius 3 is 3.04 bits per heavy atom. The number of fused-ring (bicyclic) bond motifs is 1. The van der Waals surface area contributed by atoms with Crippen molar-refractivity contribution >= 4 is 53.3 Å². The quantitative estimate of drug-likeness (QED) is 0.337. The van der Waals surface area contributed by atoms with Crippen LogP contribution < -0.4 is 5.32 Å². The zero-order valence-electron chi connectivity index (χ0n) is 14.9. The number of rotatable bonds is 6.